The Labute approximate surface area is 108 Å². The van der Waals surface area contributed by atoms with Crippen LogP contribution < -0.4 is 0 Å². The minimum atomic E-state index is -0.902. The Morgan fingerprint density at radius 2 is 1.83 bits per heavy atom. The molecule has 0 heterocycles. The van der Waals surface area contributed by atoms with Gasteiger partial charge in [0.2, 0.25) is 0 Å². The monoisotopic (exact) mass is 254 g/mol. The SMILES string of the molecule is CCC(C)(C)C(=O)CC(C(=O)OC)C(=O)C1CC1. The number of carbonyl (C=O) groups is 3. The molecule has 1 rings (SSSR count). The largest absolute Gasteiger partial charge is 0.468 e. The van der Waals surface area contributed by atoms with Crippen molar-refractivity contribution in [2.24, 2.45) is 17.3 Å². The van der Waals surface area contributed by atoms with Crippen LogP contribution in [0.15, 0.2) is 0 Å². The first-order chi connectivity index (χ1) is 8.33. The number of methoxy groups -OCH3 is 1. The maximum absolute atomic E-state index is 12.1. The van der Waals surface area contributed by atoms with Crippen molar-refractivity contribution in [3.8, 4) is 0 Å². The zero-order valence-corrected chi connectivity index (χ0v) is 11.6. The molecule has 1 fully saturated rings. The molecule has 0 aromatic heterocycles. The Hall–Kier alpha value is -1.19. The van der Waals surface area contributed by atoms with Crippen molar-refractivity contribution in [2.45, 2.75) is 46.5 Å². The van der Waals surface area contributed by atoms with Gasteiger partial charge in [-0.2, -0.15) is 0 Å². The van der Waals surface area contributed by atoms with Crippen molar-refractivity contribution in [3.05, 3.63) is 0 Å². The lowest BCUT2D eigenvalue weighted by Crippen LogP contribution is -2.33. The first kappa shape index (κ1) is 14.9. The Bertz CT molecular complexity index is 353. The van der Waals surface area contributed by atoms with Crippen molar-refractivity contribution in [1.82, 2.24) is 0 Å². The predicted molar refractivity (Wildman–Crippen MR) is 66.9 cm³/mol. The van der Waals surface area contributed by atoms with E-state index in [1.54, 1.807) is 0 Å². The number of hydrogen-bond acceptors (Lipinski definition) is 4. The first-order valence-electron chi connectivity index (χ1n) is 6.48. The molecule has 0 amide bonds. The summed E-state index contributed by atoms with van der Waals surface area (Å²) in [5.41, 5.74) is -0.490. The van der Waals surface area contributed by atoms with E-state index >= 15 is 0 Å². The highest BCUT2D eigenvalue weighted by Crippen LogP contribution is 2.35. The summed E-state index contributed by atoms with van der Waals surface area (Å²) in [6.45, 7) is 5.60. The van der Waals surface area contributed by atoms with Gasteiger partial charge in [0, 0.05) is 17.8 Å². The molecule has 0 bridgehead atoms. The van der Waals surface area contributed by atoms with Gasteiger partial charge in [0.15, 0.2) is 5.78 Å². The second-order valence-corrected chi connectivity index (χ2v) is 5.62. The lowest BCUT2D eigenvalue weighted by Gasteiger charge is -2.23. The van der Waals surface area contributed by atoms with Gasteiger partial charge in [-0.1, -0.05) is 20.8 Å². The van der Waals surface area contributed by atoms with Gasteiger partial charge in [-0.15, -0.1) is 0 Å². The van der Waals surface area contributed by atoms with E-state index in [4.69, 9.17) is 0 Å². The molecule has 0 spiro atoms. The number of rotatable bonds is 7. The Morgan fingerprint density at radius 3 is 2.22 bits per heavy atom. The van der Waals surface area contributed by atoms with E-state index < -0.39 is 17.3 Å². The molecule has 1 saturated carbocycles. The maximum Gasteiger partial charge on any atom is 0.316 e. The van der Waals surface area contributed by atoms with Gasteiger partial charge in [-0.3, -0.25) is 14.4 Å². The summed E-state index contributed by atoms with van der Waals surface area (Å²) >= 11 is 0. The summed E-state index contributed by atoms with van der Waals surface area (Å²) in [5, 5.41) is 0. The molecule has 0 aromatic rings. The van der Waals surface area contributed by atoms with E-state index in [9.17, 15) is 14.4 Å². The highest BCUT2D eigenvalue weighted by atomic mass is 16.5. The molecule has 1 atom stereocenters. The molecule has 4 nitrogen and oxygen atoms in total. The highest BCUT2D eigenvalue weighted by Gasteiger charge is 2.41. The Morgan fingerprint density at radius 1 is 1.28 bits per heavy atom. The minimum Gasteiger partial charge on any atom is -0.468 e. The van der Waals surface area contributed by atoms with Crippen LogP contribution in [0, 0.1) is 17.3 Å². The predicted octanol–water partition coefficient (Wildman–Crippen LogP) is 2.15. The van der Waals surface area contributed by atoms with Gasteiger partial charge in [0.25, 0.3) is 0 Å². The van der Waals surface area contributed by atoms with Crippen LogP contribution in [-0.4, -0.2) is 24.6 Å². The Kier molecular flexibility index (Phi) is 4.65. The normalized spacial score (nSPS) is 17.1. The molecule has 1 aliphatic carbocycles. The first-order valence-corrected chi connectivity index (χ1v) is 6.48. The fourth-order valence-electron chi connectivity index (χ4n) is 1.75. The lowest BCUT2D eigenvalue weighted by atomic mass is 9.80. The topological polar surface area (TPSA) is 60.4 Å². The summed E-state index contributed by atoms with van der Waals surface area (Å²) in [6, 6.07) is 0. The minimum absolute atomic E-state index is 0.0250. The molecular formula is C14H22O4. The lowest BCUT2D eigenvalue weighted by molar-refractivity contribution is -0.152. The summed E-state index contributed by atoms with van der Waals surface area (Å²) in [4.78, 5) is 35.8. The number of carbonyl (C=O) groups excluding carboxylic acids is 3. The van der Waals surface area contributed by atoms with E-state index in [-0.39, 0.29) is 23.9 Å². The summed E-state index contributed by atoms with van der Waals surface area (Å²) in [6.07, 6.45) is 2.33. The van der Waals surface area contributed by atoms with Crippen LogP contribution in [0.2, 0.25) is 0 Å². The van der Waals surface area contributed by atoms with E-state index in [0.717, 1.165) is 12.8 Å². The van der Waals surface area contributed by atoms with Gasteiger partial charge < -0.3 is 4.74 Å². The molecule has 1 aliphatic rings. The smallest absolute Gasteiger partial charge is 0.316 e. The molecule has 0 aliphatic heterocycles. The second-order valence-electron chi connectivity index (χ2n) is 5.62. The number of hydrogen-bond donors (Lipinski definition) is 0. The average molecular weight is 254 g/mol. The highest BCUT2D eigenvalue weighted by molar-refractivity contribution is 6.04. The number of ketones is 2. The second kappa shape index (κ2) is 5.63. The van der Waals surface area contributed by atoms with E-state index in [1.165, 1.54) is 7.11 Å². The maximum atomic E-state index is 12.1. The number of ether oxygens (including phenoxy) is 1. The van der Waals surface area contributed by atoms with Crippen LogP contribution in [0.5, 0.6) is 0 Å². The van der Waals surface area contributed by atoms with Gasteiger partial charge in [0.05, 0.1) is 7.11 Å². The van der Waals surface area contributed by atoms with Gasteiger partial charge in [-0.25, -0.2) is 0 Å². The molecule has 102 valence electrons. The van der Waals surface area contributed by atoms with Crippen LogP contribution in [-0.2, 0) is 19.1 Å². The number of Topliss-reactive ketones (excluding diaryl/α,β-unsaturated/α-hetero) is 2. The summed E-state index contributed by atoms with van der Waals surface area (Å²) < 4.78 is 4.65. The molecule has 0 radical (unpaired) electrons. The zero-order valence-electron chi connectivity index (χ0n) is 11.6. The third-order valence-electron chi connectivity index (χ3n) is 3.84. The zero-order chi connectivity index (χ0) is 13.9. The fourth-order valence-corrected chi connectivity index (χ4v) is 1.75. The fraction of sp³-hybridized carbons (Fsp3) is 0.786. The third kappa shape index (κ3) is 3.40. The third-order valence-corrected chi connectivity index (χ3v) is 3.84. The standard InChI is InChI=1S/C14H22O4/c1-5-14(2,3)11(15)8-10(13(17)18-4)12(16)9-6-7-9/h9-10H,5-8H2,1-4H3. The van der Waals surface area contributed by atoms with Crippen molar-refractivity contribution in [2.75, 3.05) is 7.11 Å². The van der Waals surface area contributed by atoms with Crippen LogP contribution >= 0.6 is 0 Å². The van der Waals surface area contributed by atoms with Crippen LogP contribution in [0.1, 0.15) is 46.5 Å². The van der Waals surface area contributed by atoms with E-state index in [0.29, 0.717) is 6.42 Å². The van der Waals surface area contributed by atoms with Gasteiger partial charge in [-0.05, 0) is 19.3 Å². The quantitative estimate of drug-likeness (QED) is 0.516. The van der Waals surface area contributed by atoms with Gasteiger partial charge >= 0.3 is 5.97 Å². The van der Waals surface area contributed by atoms with Crippen molar-refractivity contribution >= 4 is 17.5 Å². The van der Waals surface area contributed by atoms with Crippen molar-refractivity contribution in [3.63, 3.8) is 0 Å². The van der Waals surface area contributed by atoms with Crippen LogP contribution in [0.25, 0.3) is 0 Å². The molecular weight excluding hydrogens is 232 g/mol. The molecule has 0 aromatic carbocycles. The molecule has 18 heavy (non-hydrogen) atoms. The number of esters is 1. The van der Waals surface area contributed by atoms with Crippen molar-refractivity contribution in [1.29, 1.82) is 0 Å². The van der Waals surface area contributed by atoms with Crippen LogP contribution in [0.3, 0.4) is 0 Å². The average Bonchev–Trinajstić information content (AvgIpc) is 3.17. The Balaban J connectivity index is 2.75. The molecule has 4 heteroatoms. The van der Waals surface area contributed by atoms with E-state index in [1.807, 2.05) is 20.8 Å². The van der Waals surface area contributed by atoms with Gasteiger partial charge in [0.1, 0.15) is 11.7 Å². The van der Waals surface area contributed by atoms with Crippen molar-refractivity contribution < 1.29 is 19.1 Å². The summed E-state index contributed by atoms with van der Waals surface area (Å²) in [7, 11) is 1.25. The molecule has 0 N–H and O–H groups in total. The van der Waals surface area contributed by atoms with E-state index in [2.05, 4.69) is 4.74 Å². The molecule has 0 saturated heterocycles. The summed E-state index contributed by atoms with van der Waals surface area (Å²) in [5.74, 6) is -1.68. The van der Waals surface area contributed by atoms with Crippen LogP contribution in [0.4, 0.5) is 0 Å². The molecule has 1 unspecified atom stereocenters.